The number of hydrogen-bond acceptors (Lipinski definition) is 6. The van der Waals surface area contributed by atoms with Crippen LogP contribution in [0.25, 0.3) is 0 Å². The predicted octanol–water partition coefficient (Wildman–Crippen LogP) is 5.13. The van der Waals surface area contributed by atoms with Gasteiger partial charge in [0.25, 0.3) is 5.69 Å². The number of rotatable bonds is 9. The topological polar surface area (TPSA) is 93.9 Å². The summed E-state index contributed by atoms with van der Waals surface area (Å²) in [7, 11) is 0. The molecule has 3 aromatic rings. The van der Waals surface area contributed by atoms with Gasteiger partial charge in [-0.25, -0.2) is 0 Å². The molecule has 0 radical (unpaired) electrons. The lowest BCUT2D eigenvalue weighted by atomic mass is 9.98. The minimum absolute atomic E-state index is 0.00732. The van der Waals surface area contributed by atoms with Gasteiger partial charge in [-0.1, -0.05) is 73.5 Å². The van der Waals surface area contributed by atoms with Crippen molar-refractivity contribution < 1.29 is 19.2 Å². The second kappa shape index (κ2) is 10.8. The highest BCUT2D eigenvalue weighted by molar-refractivity contribution is 5.85. The number of nitrogens with zero attached hydrogens (tertiary/aromatic N) is 2. The molecule has 8 heteroatoms. The maximum Gasteiger partial charge on any atom is 0.278 e. The van der Waals surface area contributed by atoms with Crippen molar-refractivity contribution in [1.82, 2.24) is 10.2 Å². The van der Waals surface area contributed by atoms with Crippen LogP contribution in [-0.4, -0.2) is 28.6 Å². The fourth-order valence-electron chi connectivity index (χ4n) is 5.05. The Morgan fingerprint density at radius 2 is 1.50 bits per heavy atom. The first-order valence-corrected chi connectivity index (χ1v) is 12.3. The number of fused-ring (bicyclic) bond motifs is 1. The van der Waals surface area contributed by atoms with Crippen molar-refractivity contribution in [3.8, 4) is 11.5 Å². The van der Waals surface area contributed by atoms with Gasteiger partial charge in [-0.2, -0.15) is 0 Å². The molecule has 1 unspecified atom stereocenters. The first-order chi connectivity index (χ1) is 17.6. The number of carbonyl (C=O) groups is 1. The van der Waals surface area contributed by atoms with Gasteiger partial charge < -0.3 is 14.8 Å². The standard InChI is InChI=1S/C28H29N3O5/c32-28(29-22-13-7-8-14-22)27(23-15-25-26(36-19-35-25)16-24(23)31(33)34)30(17-20-9-3-1-4-10-20)18-21-11-5-2-6-12-21/h1-6,9-12,15-16,22,27H,7-8,13-14,17-19H2,(H,29,32). The summed E-state index contributed by atoms with van der Waals surface area (Å²) in [6.45, 7) is 0.862. The van der Waals surface area contributed by atoms with Crippen LogP contribution in [0.5, 0.6) is 11.5 Å². The smallest absolute Gasteiger partial charge is 0.278 e. The van der Waals surface area contributed by atoms with E-state index in [-0.39, 0.29) is 24.4 Å². The van der Waals surface area contributed by atoms with Crippen molar-refractivity contribution in [2.75, 3.05) is 6.79 Å². The summed E-state index contributed by atoms with van der Waals surface area (Å²) < 4.78 is 11.0. The summed E-state index contributed by atoms with van der Waals surface area (Å²) in [6.07, 6.45) is 3.97. The van der Waals surface area contributed by atoms with Crippen molar-refractivity contribution in [3.05, 3.63) is 99.6 Å². The highest BCUT2D eigenvalue weighted by Gasteiger charge is 2.37. The van der Waals surface area contributed by atoms with E-state index in [1.807, 2.05) is 65.6 Å². The average molecular weight is 488 g/mol. The Morgan fingerprint density at radius 1 is 0.944 bits per heavy atom. The Hall–Kier alpha value is -3.91. The van der Waals surface area contributed by atoms with E-state index >= 15 is 0 Å². The fraction of sp³-hybridized carbons (Fsp3) is 0.321. The first kappa shape index (κ1) is 23.8. The van der Waals surface area contributed by atoms with Gasteiger partial charge in [0.15, 0.2) is 11.5 Å². The zero-order chi connectivity index (χ0) is 24.9. The number of nitro benzene ring substituents is 1. The molecule has 1 aliphatic carbocycles. The predicted molar refractivity (Wildman–Crippen MR) is 134 cm³/mol. The zero-order valence-electron chi connectivity index (χ0n) is 20.0. The molecule has 1 aliphatic heterocycles. The van der Waals surface area contributed by atoms with E-state index in [1.54, 1.807) is 6.07 Å². The largest absolute Gasteiger partial charge is 0.454 e. The lowest BCUT2D eigenvalue weighted by Gasteiger charge is -2.32. The molecule has 1 heterocycles. The van der Waals surface area contributed by atoms with Crippen molar-refractivity contribution in [2.24, 2.45) is 0 Å². The minimum atomic E-state index is -0.902. The molecule has 0 bridgehead atoms. The van der Waals surface area contributed by atoms with E-state index in [9.17, 15) is 14.9 Å². The van der Waals surface area contributed by atoms with E-state index in [0.29, 0.717) is 30.2 Å². The van der Waals surface area contributed by atoms with Crippen LogP contribution in [0, 0.1) is 10.1 Å². The zero-order valence-corrected chi connectivity index (χ0v) is 20.0. The van der Waals surface area contributed by atoms with Crippen LogP contribution in [-0.2, 0) is 17.9 Å². The third kappa shape index (κ3) is 5.33. The second-order valence-electron chi connectivity index (χ2n) is 9.29. The summed E-state index contributed by atoms with van der Waals surface area (Å²) >= 11 is 0. The molecule has 1 atom stereocenters. The Labute approximate surface area is 210 Å². The molecule has 8 nitrogen and oxygen atoms in total. The number of nitrogens with one attached hydrogen (secondary N) is 1. The third-order valence-corrected chi connectivity index (χ3v) is 6.79. The Balaban J connectivity index is 1.60. The lowest BCUT2D eigenvalue weighted by Crippen LogP contribution is -2.43. The molecule has 36 heavy (non-hydrogen) atoms. The molecule has 2 aliphatic rings. The van der Waals surface area contributed by atoms with E-state index < -0.39 is 11.0 Å². The lowest BCUT2D eigenvalue weighted by molar-refractivity contribution is -0.386. The van der Waals surface area contributed by atoms with Crippen LogP contribution in [0.4, 0.5) is 5.69 Å². The van der Waals surface area contributed by atoms with Gasteiger partial charge in [0.2, 0.25) is 12.7 Å². The molecular formula is C28H29N3O5. The summed E-state index contributed by atoms with van der Waals surface area (Å²) in [5, 5.41) is 15.4. The van der Waals surface area contributed by atoms with E-state index in [2.05, 4.69) is 5.32 Å². The quantitative estimate of drug-likeness (QED) is 0.332. The molecular weight excluding hydrogens is 458 g/mol. The summed E-state index contributed by atoms with van der Waals surface area (Å²) in [4.78, 5) is 27.7. The fourth-order valence-corrected chi connectivity index (χ4v) is 5.05. The van der Waals surface area contributed by atoms with Crippen LogP contribution in [0.3, 0.4) is 0 Å². The van der Waals surface area contributed by atoms with Gasteiger partial charge in [0, 0.05) is 19.1 Å². The van der Waals surface area contributed by atoms with Crippen molar-refractivity contribution in [2.45, 2.75) is 50.9 Å². The maximum absolute atomic E-state index is 13.9. The number of benzene rings is 3. The molecule has 1 saturated carbocycles. The Bertz CT molecular complexity index is 1170. The number of nitro groups is 1. The second-order valence-corrected chi connectivity index (χ2v) is 9.29. The van der Waals surface area contributed by atoms with Crippen molar-refractivity contribution >= 4 is 11.6 Å². The van der Waals surface area contributed by atoms with Gasteiger partial charge in [0.05, 0.1) is 16.6 Å². The highest BCUT2D eigenvalue weighted by Crippen LogP contribution is 2.42. The van der Waals surface area contributed by atoms with E-state index in [1.165, 1.54) is 6.07 Å². The number of carbonyl (C=O) groups excluding carboxylic acids is 1. The maximum atomic E-state index is 13.9. The van der Waals surface area contributed by atoms with Gasteiger partial charge >= 0.3 is 0 Å². The molecule has 1 N–H and O–H groups in total. The number of amides is 1. The minimum Gasteiger partial charge on any atom is -0.454 e. The molecule has 3 aromatic carbocycles. The van der Waals surface area contributed by atoms with Crippen LogP contribution in [0.15, 0.2) is 72.8 Å². The van der Waals surface area contributed by atoms with Gasteiger partial charge in [0.1, 0.15) is 6.04 Å². The summed E-state index contributed by atoms with van der Waals surface area (Å²) in [5.41, 5.74) is 2.16. The molecule has 186 valence electrons. The normalized spacial score (nSPS) is 15.7. The van der Waals surface area contributed by atoms with Gasteiger partial charge in [-0.05, 0) is 30.0 Å². The van der Waals surface area contributed by atoms with E-state index in [0.717, 1.165) is 36.8 Å². The molecule has 0 spiro atoms. The van der Waals surface area contributed by atoms with Crippen molar-refractivity contribution in [1.29, 1.82) is 0 Å². The highest BCUT2D eigenvalue weighted by atomic mass is 16.7. The average Bonchev–Trinajstić information content (AvgIpc) is 3.56. The third-order valence-electron chi connectivity index (χ3n) is 6.79. The molecule has 1 amide bonds. The van der Waals surface area contributed by atoms with Crippen LogP contribution < -0.4 is 14.8 Å². The SMILES string of the molecule is O=C(NC1CCCC1)C(c1cc2c(cc1[N+](=O)[O-])OCO2)N(Cc1ccccc1)Cc1ccccc1. The van der Waals surface area contributed by atoms with Gasteiger partial charge in [-0.3, -0.25) is 19.8 Å². The molecule has 0 aromatic heterocycles. The molecule has 0 saturated heterocycles. The Kier molecular flexibility index (Phi) is 7.13. The molecule has 1 fully saturated rings. The molecule has 5 rings (SSSR count). The monoisotopic (exact) mass is 487 g/mol. The van der Waals surface area contributed by atoms with Crippen LogP contribution >= 0.6 is 0 Å². The number of ether oxygens (including phenoxy) is 2. The van der Waals surface area contributed by atoms with Crippen LogP contribution in [0.2, 0.25) is 0 Å². The number of hydrogen-bond donors (Lipinski definition) is 1. The Morgan fingerprint density at radius 3 is 2.06 bits per heavy atom. The summed E-state index contributed by atoms with van der Waals surface area (Å²) in [6, 6.07) is 21.8. The van der Waals surface area contributed by atoms with E-state index in [4.69, 9.17) is 9.47 Å². The van der Waals surface area contributed by atoms with Crippen LogP contribution in [0.1, 0.15) is 48.4 Å². The van der Waals surface area contributed by atoms with Crippen molar-refractivity contribution in [3.63, 3.8) is 0 Å². The summed E-state index contributed by atoms with van der Waals surface area (Å²) in [5.74, 6) is 0.488. The van der Waals surface area contributed by atoms with Gasteiger partial charge in [-0.15, -0.1) is 0 Å². The first-order valence-electron chi connectivity index (χ1n) is 12.3.